The average molecular weight is 312 g/mol. The molecule has 0 aliphatic carbocycles. The number of aliphatic hydroxyl groups is 1. The Morgan fingerprint density at radius 3 is 2.48 bits per heavy atom. The molecule has 0 bridgehead atoms. The summed E-state index contributed by atoms with van der Waals surface area (Å²) in [5, 5.41) is 13.2. The van der Waals surface area contributed by atoms with E-state index in [0.717, 1.165) is 16.8 Å². The van der Waals surface area contributed by atoms with Crippen LogP contribution in [-0.4, -0.2) is 16.0 Å². The zero-order chi connectivity index (χ0) is 16.8. The third kappa shape index (κ3) is 4.63. The molecule has 4 nitrogen and oxygen atoms in total. The van der Waals surface area contributed by atoms with Crippen molar-refractivity contribution in [2.24, 2.45) is 5.92 Å². The SMILES string of the molecule is Cc1cccnc1C(NC(=O)CC(O)c1ccccc1)C(C)C. The number of rotatable bonds is 6. The van der Waals surface area contributed by atoms with Crippen LogP contribution in [0, 0.1) is 12.8 Å². The molecule has 1 amide bonds. The van der Waals surface area contributed by atoms with Crippen LogP contribution >= 0.6 is 0 Å². The lowest BCUT2D eigenvalue weighted by Gasteiger charge is -2.24. The molecule has 1 heterocycles. The van der Waals surface area contributed by atoms with Crippen LogP contribution in [0.15, 0.2) is 48.7 Å². The van der Waals surface area contributed by atoms with Crippen molar-refractivity contribution in [1.29, 1.82) is 0 Å². The van der Waals surface area contributed by atoms with E-state index in [1.165, 1.54) is 0 Å². The van der Waals surface area contributed by atoms with E-state index in [1.807, 2.05) is 63.2 Å². The van der Waals surface area contributed by atoms with Crippen LogP contribution in [0.4, 0.5) is 0 Å². The molecule has 0 aliphatic heterocycles. The van der Waals surface area contributed by atoms with E-state index in [2.05, 4.69) is 10.3 Å². The van der Waals surface area contributed by atoms with Gasteiger partial charge in [0, 0.05) is 6.20 Å². The Bertz CT molecular complexity index is 641. The number of hydrogen-bond acceptors (Lipinski definition) is 3. The van der Waals surface area contributed by atoms with Crippen molar-refractivity contribution in [3.63, 3.8) is 0 Å². The summed E-state index contributed by atoms with van der Waals surface area (Å²) in [7, 11) is 0. The second-order valence-electron chi connectivity index (χ2n) is 6.13. The number of nitrogens with one attached hydrogen (secondary N) is 1. The first-order valence-electron chi connectivity index (χ1n) is 7.93. The summed E-state index contributed by atoms with van der Waals surface area (Å²) < 4.78 is 0. The van der Waals surface area contributed by atoms with Crippen LogP contribution in [-0.2, 0) is 4.79 Å². The van der Waals surface area contributed by atoms with Gasteiger partial charge in [-0.25, -0.2) is 0 Å². The predicted octanol–water partition coefficient (Wildman–Crippen LogP) is 3.33. The molecule has 0 saturated heterocycles. The summed E-state index contributed by atoms with van der Waals surface area (Å²) in [5.74, 6) is 0.0338. The minimum Gasteiger partial charge on any atom is -0.388 e. The lowest BCUT2D eigenvalue weighted by Crippen LogP contribution is -2.33. The Kier molecular flexibility index (Phi) is 5.88. The molecule has 1 aromatic carbocycles. The fourth-order valence-corrected chi connectivity index (χ4v) is 2.58. The molecule has 2 N–H and O–H groups in total. The Morgan fingerprint density at radius 1 is 1.17 bits per heavy atom. The molecular weight excluding hydrogens is 288 g/mol. The molecule has 0 saturated carbocycles. The van der Waals surface area contributed by atoms with Crippen molar-refractivity contribution < 1.29 is 9.90 Å². The molecule has 1 aromatic heterocycles. The number of benzene rings is 1. The standard InChI is InChI=1S/C19H24N2O2/c1-13(2)18(19-14(3)8-7-11-20-19)21-17(23)12-16(22)15-9-5-4-6-10-15/h4-11,13,16,18,22H,12H2,1-3H3,(H,21,23). The van der Waals surface area contributed by atoms with Gasteiger partial charge in [-0.05, 0) is 30.0 Å². The highest BCUT2D eigenvalue weighted by Crippen LogP contribution is 2.23. The van der Waals surface area contributed by atoms with Gasteiger partial charge in [-0.2, -0.15) is 0 Å². The number of aryl methyl sites for hydroxylation is 1. The molecule has 0 fully saturated rings. The van der Waals surface area contributed by atoms with E-state index in [0.29, 0.717) is 0 Å². The van der Waals surface area contributed by atoms with Crippen LogP contribution in [0.1, 0.15) is 49.2 Å². The van der Waals surface area contributed by atoms with Crippen LogP contribution in [0.2, 0.25) is 0 Å². The molecule has 2 unspecified atom stereocenters. The second kappa shape index (κ2) is 7.88. The number of amides is 1. The Morgan fingerprint density at radius 2 is 1.87 bits per heavy atom. The summed E-state index contributed by atoms with van der Waals surface area (Å²) >= 11 is 0. The van der Waals surface area contributed by atoms with Crippen LogP contribution in [0.3, 0.4) is 0 Å². The lowest BCUT2D eigenvalue weighted by atomic mass is 9.96. The molecule has 2 aromatic rings. The first-order chi connectivity index (χ1) is 11.0. The highest BCUT2D eigenvalue weighted by Gasteiger charge is 2.22. The fraction of sp³-hybridized carbons (Fsp3) is 0.368. The van der Waals surface area contributed by atoms with Crippen molar-refractivity contribution in [2.45, 2.75) is 39.3 Å². The predicted molar refractivity (Wildman–Crippen MR) is 90.7 cm³/mol. The zero-order valence-electron chi connectivity index (χ0n) is 13.9. The summed E-state index contributed by atoms with van der Waals surface area (Å²) in [5.41, 5.74) is 2.68. The van der Waals surface area contributed by atoms with Crippen LogP contribution in [0.5, 0.6) is 0 Å². The van der Waals surface area contributed by atoms with Gasteiger partial charge < -0.3 is 10.4 Å². The summed E-state index contributed by atoms with van der Waals surface area (Å²) in [6, 6.07) is 12.9. The Labute approximate surface area is 137 Å². The third-order valence-corrected chi connectivity index (χ3v) is 3.89. The zero-order valence-corrected chi connectivity index (χ0v) is 13.9. The van der Waals surface area contributed by atoms with Gasteiger partial charge in [0.15, 0.2) is 0 Å². The highest BCUT2D eigenvalue weighted by atomic mass is 16.3. The first-order valence-corrected chi connectivity index (χ1v) is 7.93. The number of carbonyl (C=O) groups is 1. The maximum Gasteiger partial charge on any atom is 0.223 e. The van der Waals surface area contributed by atoms with Gasteiger partial charge in [0.2, 0.25) is 5.91 Å². The van der Waals surface area contributed by atoms with Gasteiger partial charge in [-0.1, -0.05) is 50.2 Å². The molecule has 0 radical (unpaired) electrons. The number of aliphatic hydroxyl groups excluding tert-OH is 1. The van der Waals surface area contributed by atoms with Gasteiger partial charge in [0.1, 0.15) is 0 Å². The fourth-order valence-electron chi connectivity index (χ4n) is 2.58. The number of hydrogen-bond donors (Lipinski definition) is 2. The van der Waals surface area contributed by atoms with Gasteiger partial charge in [-0.3, -0.25) is 9.78 Å². The lowest BCUT2D eigenvalue weighted by molar-refractivity contribution is -0.124. The van der Waals surface area contributed by atoms with E-state index < -0.39 is 6.10 Å². The normalized spacial score (nSPS) is 13.6. The molecular formula is C19H24N2O2. The largest absolute Gasteiger partial charge is 0.388 e. The molecule has 0 spiro atoms. The minimum absolute atomic E-state index is 0.0408. The Balaban J connectivity index is 2.06. The van der Waals surface area contributed by atoms with Gasteiger partial charge in [-0.15, -0.1) is 0 Å². The molecule has 4 heteroatoms. The quantitative estimate of drug-likeness (QED) is 0.860. The van der Waals surface area contributed by atoms with Gasteiger partial charge >= 0.3 is 0 Å². The maximum absolute atomic E-state index is 12.3. The second-order valence-corrected chi connectivity index (χ2v) is 6.13. The Hall–Kier alpha value is -2.20. The minimum atomic E-state index is -0.797. The monoisotopic (exact) mass is 312 g/mol. The molecule has 2 rings (SSSR count). The van der Waals surface area contributed by atoms with E-state index in [-0.39, 0.29) is 24.3 Å². The molecule has 23 heavy (non-hydrogen) atoms. The van der Waals surface area contributed by atoms with Gasteiger partial charge in [0.25, 0.3) is 0 Å². The van der Waals surface area contributed by atoms with Crippen molar-refractivity contribution in [3.05, 3.63) is 65.5 Å². The average Bonchev–Trinajstić information content (AvgIpc) is 2.54. The number of carbonyl (C=O) groups excluding carboxylic acids is 1. The topological polar surface area (TPSA) is 62.2 Å². The first kappa shape index (κ1) is 17.2. The number of aromatic nitrogens is 1. The molecule has 2 atom stereocenters. The van der Waals surface area contributed by atoms with Crippen molar-refractivity contribution >= 4 is 5.91 Å². The van der Waals surface area contributed by atoms with E-state index in [9.17, 15) is 9.90 Å². The maximum atomic E-state index is 12.3. The van der Waals surface area contributed by atoms with Crippen LogP contribution < -0.4 is 5.32 Å². The number of nitrogens with zero attached hydrogens (tertiary/aromatic N) is 1. The van der Waals surface area contributed by atoms with E-state index in [4.69, 9.17) is 0 Å². The van der Waals surface area contributed by atoms with Crippen LogP contribution in [0.25, 0.3) is 0 Å². The smallest absolute Gasteiger partial charge is 0.223 e. The van der Waals surface area contributed by atoms with E-state index in [1.54, 1.807) is 6.20 Å². The third-order valence-electron chi connectivity index (χ3n) is 3.89. The van der Waals surface area contributed by atoms with E-state index >= 15 is 0 Å². The summed E-state index contributed by atoms with van der Waals surface area (Å²) in [6.45, 7) is 6.09. The van der Waals surface area contributed by atoms with Crippen molar-refractivity contribution in [1.82, 2.24) is 10.3 Å². The van der Waals surface area contributed by atoms with Crippen molar-refractivity contribution in [2.75, 3.05) is 0 Å². The molecule has 122 valence electrons. The van der Waals surface area contributed by atoms with Gasteiger partial charge in [0.05, 0.1) is 24.3 Å². The highest BCUT2D eigenvalue weighted by molar-refractivity contribution is 5.77. The summed E-state index contributed by atoms with van der Waals surface area (Å²) in [4.78, 5) is 16.7. The number of pyridine rings is 1. The van der Waals surface area contributed by atoms with Crippen molar-refractivity contribution in [3.8, 4) is 0 Å². The molecule has 0 aliphatic rings. The summed E-state index contributed by atoms with van der Waals surface area (Å²) in [6.07, 6.45) is 0.982.